The Morgan fingerprint density at radius 1 is 1.21 bits per heavy atom. The standard InChI is InChI=1S/C15H24BrN3/c1-11(2)14-17-12(16)10-13(18-14)19-8-5-6-15(3,4)7-9-19/h10-11H,5-9H2,1-4H3. The summed E-state index contributed by atoms with van der Waals surface area (Å²) >= 11 is 3.51. The molecule has 1 aliphatic rings. The zero-order chi connectivity index (χ0) is 14.0. The number of rotatable bonds is 2. The van der Waals surface area contributed by atoms with Crippen molar-refractivity contribution in [1.82, 2.24) is 9.97 Å². The molecule has 0 aromatic carbocycles. The van der Waals surface area contributed by atoms with Crippen molar-refractivity contribution in [2.45, 2.75) is 52.9 Å². The number of nitrogens with zero attached hydrogens (tertiary/aromatic N) is 3. The van der Waals surface area contributed by atoms with Crippen molar-refractivity contribution in [1.29, 1.82) is 0 Å². The van der Waals surface area contributed by atoms with E-state index in [1.807, 2.05) is 6.07 Å². The summed E-state index contributed by atoms with van der Waals surface area (Å²) in [5.74, 6) is 2.36. The van der Waals surface area contributed by atoms with E-state index >= 15 is 0 Å². The fourth-order valence-corrected chi connectivity index (χ4v) is 2.88. The molecule has 4 heteroatoms. The van der Waals surface area contributed by atoms with Gasteiger partial charge in [-0.05, 0) is 40.6 Å². The van der Waals surface area contributed by atoms with E-state index in [0.29, 0.717) is 11.3 Å². The van der Waals surface area contributed by atoms with Crippen LogP contribution in [0.4, 0.5) is 5.82 Å². The highest BCUT2D eigenvalue weighted by atomic mass is 79.9. The van der Waals surface area contributed by atoms with Crippen LogP contribution in [0.5, 0.6) is 0 Å². The maximum atomic E-state index is 4.73. The fraction of sp³-hybridized carbons (Fsp3) is 0.733. The molecule has 1 aromatic rings. The van der Waals surface area contributed by atoms with Gasteiger partial charge in [0.25, 0.3) is 0 Å². The average Bonchev–Trinajstić information content (AvgIpc) is 2.49. The lowest BCUT2D eigenvalue weighted by molar-refractivity contribution is 0.325. The van der Waals surface area contributed by atoms with Crippen molar-refractivity contribution in [3.8, 4) is 0 Å². The lowest BCUT2D eigenvalue weighted by atomic mass is 9.85. The Morgan fingerprint density at radius 2 is 1.95 bits per heavy atom. The van der Waals surface area contributed by atoms with Crippen LogP contribution in [0.2, 0.25) is 0 Å². The van der Waals surface area contributed by atoms with Crippen LogP contribution < -0.4 is 4.90 Å². The highest BCUT2D eigenvalue weighted by Crippen LogP contribution is 2.31. The fourth-order valence-electron chi connectivity index (χ4n) is 2.50. The van der Waals surface area contributed by atoms with E-state index in [9.17, 15) is 0 Å². The first kappa shape index (κ1) is 14.8. The average molecular weight is 326 g/mol. The monoisotopic (exact) mass is 325 g/mol. The second-order valence-electron chi connectivity index (χ2n) is 6.57. The Hall–Kier alpha value is -0.640. The normalized spacial score (nSPS) is 19.6. The van der Waals surface area contributed by atoms with E-state index in [1.165, 1.54) is 19.3 Å². The summed E-state index contributed by atoms with van der Waals surface area (Å²) < 4.78 is 0.893. The highest BCUT2D eigenvalue weighted by Gasteiger charge is 2.24. The molecule has 0 spiro atoms. The van der Waals surface area contributed by atoms with Crippen LogP contribution in [0.25, 0.3) is 0 Å². The molecule has 1 fully saturated rings. The molecule has 0 unspecified atom stereocenters. The van der Waals surface area contributed by atoms with E-state index < -0.39 is 0 Å². The van der Waals surface area contributed by atoms with Crippen molar-refractivity contribution in [3.63, 3.8) is 0 Å². The zero-order valence-corrected chi connectivity index (χ0v) is 14.0. The van der Waals surface area contributed by atoms with Crippen molar-refractivity contribution in [2.75, 3.05) is 18.0 Å². The molecule has 2 rings (SSSR count). The summed E-state index contributed by atoms with van der Waals surface area (Å²) in [6.07, 6.45) is 3.77. The molecular formula is C15H24BrN3. The minimum absolute atomic E-state index is 0.361. The Balaban J connectivity index is 2.21. The zero-order valence-electron chi connectivity index (χ0n) is 12.4. The third-order valence-electron chi connectivity index (χ3n) is 3.88. The van der Waals surface area contributed by atoms with Gasteiger partial charge in [0.2, 0.25) is 0 Å². The number of anilines is 1. The van der Waals surface area contributed by atoms with Gasteiger partial charge < -0.3 is 4.90 Å². The summed E-state index contributed by atoms with van der Waals surface area (Å²) in [7, 11) is 0. The van der Waals surface area contributed by atoms with Gasteiger partial charge in [0, 0.05) is 25.1 Å². The molecule has 2 heterocycles. The van der Waals surface area contributed by atoms with Crippen LogP contribution in [0.1, 0.15) is 58.7 Å². The van der Waals surface area contributed by atoms with E-state index in [4.69, 9.17) is 4.98 Å². The molecule has 0 N–H and O–H groups in total. The van der Waals surface area contributed by atoms with Crippen LogP contribution in [-0.4, -0.2) is 23.1 Å². The Kier molecular flexibility index (Phi) is 4.49. The van der Waals surface area contributed by atoms with Gasteiger partial charge in [0.15, 0.2) is 0 Å². The molecule has 0 aliphatic carbocycles. The van der Waals surface area contributed by atoms with Crippen LogP contribution >= 0.6 is 15.9 Å². The van der Waals surface area contributed by atoms with E-state index in [1.54, 1.807) is 0 Å². The molecule has 106 valence electrons. The first-order valence-corrected chi connectivity index (χ1v) is 7.96. The van der Waals surface area contributed by atoms with Gasteiger partial charge in [-0.25, -0.2) is 9.97 Å². The van der Waals surface area contributed by atoms with E-state index in [0.717, 1.165) is 29.3 Å². The minimum Gasteiger partial charge on any atom is -0.356 e. The van der Waals surface area contributed by atoms with Crippen LogP contribution in [0.15, 0.2) is 10.7 Å². The second-order valence-corrected chi connectivity index (χ2v) is 7.38. The molecule has 1 saturated heterocycles. The van der Waals surface area contributed by atoms with Crippen molar-refractivity contribution < 1.29 is 0 Å². The third-order valence-corrected chi connectivity index (χ3v) is 4.29. The van der Waals surface area contributed by atoms with E-state index in [-0.39, 0.29) is 0 Å². The van der Waals surface area contributed by atoms with Gasteiger partial charge in [0.1, 0.15) is 16.2 Å². The Morgan fingerprint density at radius 3 is 2.63 bits per heavy atom. The molecule has 0 saturated carbocycles. The van der Waals surface area contributed by atoms with Crippen molar-refractivity contribution >= 4 is 21.7 Å². The van der Waals surface area contributed by atoms with Gasteiger partial charge >= 0.3 is 0 Å². The smallest absolute Gasteiger partial charge is 0.134 e. The van der Waals surface area contributed by atoms with E-state index in [2.05, 4.69) is 53.5 Å². The molecule has 0 bridgehead atoms. The summed E-state index contributed by atoms with van der Waals surface area (Å²) in [6.45, 7) is 11.2. The van der Waals surface area contributed by atoms with Crippen LogP contribution in [-0.2, 0) is 0 Å². The van der Waals surface area contributed by atoms with Gasteiger partial charge in [0.05, 0.1) is 0 Å². The lowest BCUT2D eigenvalue weighted by Gasteiger charge is -2.24. The van der Waals surface area contributed by atoms with Gasteiger partial charge in [-0.1, -0.05) is 27.7 Å². The topological polar surface area (TPSA) is 29.0 Å². The summed E-state index contributed by atoms with van der Waals surface area (Å²) in [5, 5.41) is 0. The molecule has 1 aliphatic heterocycles. The summed E-state index contributed by atoms with van der Waals surface area (Å²) in [4.78, 5) is 11.6. The SMILES string of the molecule is CC(C)c1nc(Br)cc(N2CCCC(C)(C)CC2)n1. The summed E-state index contributed by atoms with van der Waals surface area (Å²) in [5.41, 5.74) is 0.458. The van der Waals surface area contributed by atoms with Gasteiger partial charge in [-0.3, -0.25) is 0 Å². The summed E-state index contributed by atoms with van der Waals surface area (Å²) in [6, 6.07) is 2.05. The molecule has 3 nitrogen and oxygen atoms in total. The predicted molar refractivity (Wildman–Crippen MR) is 83.7 cm³/mol. The molecule has 0 amide bonds. The quantitative estimate of drug-likeness (QED) is 0.755. The number of hydrogen-bond donors (Lipinski definition) is 0. The Bertz CT molecular complexity index is 443. The Labute approximate surface area is 125 Å². The van der Waals surface area contributed by atoms with Crippen molar-refractivity contribution in [2.24, 2.45) is 5.41 Å². The third kappa shape index (κ3) is 3.91. The van der Waals surface area contributed by atoms with Crippen molar-refractivity contribution in [3.05, 3.63) is 16.5 Å². The molecule has 0 atom stereocenters. The molecule has 19 heavy (non-hydrogen) atoms. The molecule has 0 radical (unpaired) electrons. The number of hydrogen-bond acceptors (Lipinski definition) is 3. The number of aromatic nitrogens is 2. The predicted octanol–water partition coefficient (Wildman–Crippen LogP) is 4.38. The second kappa shape index (κ2) is 5.78. The van der Waals surface area contributed by atoms with Crippen LogP contribution in [0.3, 0.4) is 0 Å². The van der Waals surface area contributed by atoms with Gasteiger partial charge in [-0.2, -0.15) is 0 Å². The first-order chi connectivity index (χ1) is 8.87. The molecular weight excluding hydrogens is 302 g/mol. The largest absolute Gasteiger partial charge is 0.356 e. The highest BCUT2D eigenvalue weighted by molar-refractivity contribution is 9.10. The number of halogens is 1. The minimum atomic E-state index is 0.361. The lowest BCUT2D eigenvalue weighted by Crippen LogP contribution is -2.26. The maximum Gasteiger partial charge on any atom is 0.134 e. The van der Waals surface area contributed by atoms with Crippen LogP contribution in [0, 0.1) is 5.41 Å². The first-order valence-electron chi connectivity index (χ1n) is 7.17. The molecule has 1 aromatic heterocycles. The van der Waals surface area contributed by atoms with Gasteiger partial charge in [-0.15, -0.1) is 0 Å². The maximum absolute atomic E-state index is 4.73.